The summed E-state index contributed by atoms with van der Waals surface area (Å²) in [7, 11) is 1.37. The van der Waals surface area contributed by atoms with Crippen molar-refractivity contribution in [3.8, 4) is 0 Å². The van der Waals surface area contributed by atoms with E-state index < -0.39 is 0 Å². The third-order valence-electron chi connectivity index (χ3n) is 6.00. The standard InChI is InChI=1S/C27H28N4O4/c1-35-26(33)14-13-20-19-8-2-3-10-22(19)27(34)31(23-11-5-4-9-21(20)23)18-25(32)30-17-16-29-24-12-6-7-15-28-24/h2-12,15,20H,13-14,16-18H2,1H3,(H,28,29)(H,30,32). The predicted molar refractivity (Wildman–Crippen MR) is 133 cm³/mol. The minimum absolute atomic E-state index is 0.114. The third kappa shape index (κ3) is 5.66. The third-order valence-corrected chi connectivity index (χ3v) is 6.00. The molecular weight excluding hydrogens is 444 g/mol. The molecule has 0 aliphatic carbocycles. The lowest BCUT2D eigenvalue weighted by Gasteiger charge is -2.24. The molecule has 2 amide bonds. The van der Waals surface area contributed by atoms with Crippen LogP contribution in [0.5, 0.6) is 0 Å². The monoisotopic (exact) mass is 472 g/mol. The topological polar surface area (TPSA) is 101 Å². The van der Waals surface area contributed by atoms with Crippen LogP contribution >= 0.6 is 0 Å². The molecular formula is C27H28N4O4. The maximum atomic E-state index is 13.6. The number of nitrogens with zero attached hydrogens (tertiary/aromatic N) is 2. The molecule has 8 heteroatoms. The molecule has 2 aromatic carbocycles. The van der Waals surface area contributed by atoms with Crippen LogP contribution in [-0.4, -0.2) is 49.5 Å². The Labute approximate surface area is 204 Å². The van der Waals surface area contributed by atoms with Gasteiger partial charge in [0.05, 0.1) is 7.11 Å². The van der Waals surface area contributed by atoms with Crippen LogP contribution in [0.2, 0.25) is 0 Å². The van der Waals surface area contributed by atoms with Gasteiger partial charge in [0.15, 0.2) is 0 Å². The van der Waals surface area contributed by atoms with E-state index in [1.807, 2.05) is 60.7 Å². The van der Waals surface area contributed by atoms with Crippen molar-refractivity contribution >= 4 is 29.3 Å². The van der Waals surface area contributed by atoms with Crippen LogP contribution < -0.4 is 15.5 Å². The number of hydrogen-bond donors (Lipinski definition) is 2. The van der Waals surface area contributed by atoms with Gasteiger partial charge in [-0.25, -0.2) is 4.98 Å². The maximum Gasteiger partial charge on any atom is 0.305 e. The van der Waals surface area contributed by atoms with Crippen molar-refractivity contribution < 1.29 is 19.1 Å². The SMILES string of the molecule is COC(=O)CCC1c2ccccc2C(=O)N(CC(=O)NCCNc2ccccn2)c2ccccc21. The minimum Gasteiger partial charge on any atom is -0.469 e. The van der Waals surface area contributed by atoms with E-state index in [0.29, 0.717) is 30.8 Å². The first-order chi connectivity index (χ1) is 17.1. The number of esters is 1. The van der Waals surface area contributed by atoms with Gasteiger partial charge in [-0.15, -0.1) is 0 Å². The summed E-state index contributed by atoms with van der Waals surface area (Å²) in [5.74, 6) is -0.253. The van der Waals surface area contributed by atoms with Gasteiger partial charge in [0, 0.05) is 42.9 Å². The molecule has 1 atom stereocenters. The van der Waals surface area contributed by atoms with Crippen LogP contribution in [0.4, 0.5) is 11.5 Å². The van der Waals surface area contributed by atoms with Crippen LogP contribution in [0.1, 0.15) is 40.2 Å². The molecule has 0 bridgehead atoms. The van der Waals surface area contributed by atoms with Crippen molar-refractivity contribution in [3.05, 3.63) is 89.6 Å². The zero-order valence-electron chi connectivity index (χ0n) is 19.6. The molecule has 0 spiro atoms. The van der Waals surface area contributed by atoms with Gasteiger partial charge >= 0.3 is 5.97 Å². The highest BCUT2D eigenvalue weighted by Gasteiger charge is 2.33. The Morgan fingerprint density at radius 3 is 2.49 bits per heavy atom. The highest BCUT2D eigenvalue weighted by molar-refractivity contribution is 6.11. The number of methoxy groups -OCH3 is 1. The number of benzene rings is 2. The molecule has 1 aromatic heterocycles. The van der Waals surface area contributed by atoms with Gasteiger partial charge in [-0.3, -0.25) is 19.3 Å². The summed E-state index contributed by atoms with van der Waals surface area (Å²) < 4.78 is 4.84. The first-order valence-electron chi connectivity index (χ1n) is 11.6. The number of pyridine rings is 1. The van der Waals surface area contributed by atoms with Gasteiger partial charge in [0.1, 0.15) is 12.4 Å². The van der Waals surface area contributed by atoms with Crippen LogP contribution in [0.15, 0.2) is 72.9 Å². The lowest BCUT2D eigenvalue weighted by Crippen LogP contribution is -2.42. The summed E-state index contributed by atoms with van der Waals surface area (Å²) in [6.45, 7) is 0.778. The van der Waals surface area contributed by atoms with E-state index in [1.165, 1.54) is 12.0 Å². The number of fused-ring (bicyclic) bond motifs is 2. The highest BCUT2D eigenvalue weighted by Crippen LogP contribution is 2.40. The number of rotatable bonds is 9. The van der Waals surface area contributed by atoms with E-state index >= 15 is 0 Å². The molecule has 3 aromatic rings. The maximum absolute atomic E-state index is 13.6. The smallest absolute Gasteiger partial charge is 0.305 e. The molecule has 1 aliphatic heterocycles. The first kappa shape index (κ1) is 23.9. The molecule has 0 fully saturated rings. The van der Waals surface area contributed by atoms with Gasteiger partial charge in [0.25, 0.3) is 5.91 Å². The number of hydrogen-bond acceptors (Lipinski definition) is 6. The van der Waals surface area contributed by atoms with Crippen LogP contribution in [0, 0.1) is 0 Å². The number of carbonyl (C=O) groups excluding carboxylic acids is 3. The van der Waals surface area contributed by atoms with Gasteiger partial charge in [0.2, 0.25) is 5.91 Å². The molecule has 2 heterocycles. The summed E-state index contributed by atoms with van der Waals surface area (Å²) in [6, 6.07) is 20.5. The van der Waals surface area contributed by atoms with Gasteiger partial charge in [-0.2, -0.15) is 0 Å². The summed E-state index contributed by atoms with van der Waals surface area (Å²) >= 11 is 0. The van der Waals surface area contributed by atoms with E-state index in [0.717, 1.165) is 16.9 Å². The summed E-state index contributed by atoms with van der Waals surface area (Å²) in [5.41, 5.74) is 2.95. The Hall–Kier alpha value is -4.20. The fourth-order valence-corrected chi connectivity index (χ4v) is 4.34. The van der Waals surface area contributed by atoms with E-state index in [9.17, 15) is 14.4 Å². The van der Waals surface area contributed by atoms with Gasteiger partial charge in [-0.1, -0.05) is 42.5 Å². The lowest BCUT2D eigenvalue weighted by atomic mass is 9.85. The Morgan fingerprint density at radius 1 is 0.971 bits per heavy atom. The number of aromatic nitrogens is 1. The molecule has 180 valence electrons. The Kier molecular flexibility index (Phi) is 7.72. The summed E-state index contributed by atoms with van der Waals surface area (Å²) in [6.07, 6.45) is 2.41. The molecule has 4 rings (SSSR count). The van der Waals surface area contributed by atoms with Crippen molar-refractivity contribution in [1.82, 2.24) is 10.3 Å². The molecule has 0 radical (unpaired) electrons. The Balaban J connectivity index is 1.53. The molecule has 0 saturated heterocycles. The number of nitrogens with one attached hydrogen (secondary N) is 2. The van der Waals surface area contributed by atoms with E-state index in [4.69, 9.17) is 4.74 Å². The van der Waals surface area contributed by atoms with E-state index in [1.54, 1.807) is 12.3 Å². The fourth-order valence-electron chi connectivity index (χ4n) is 4.34. The zero-order chi connectivity index (χ0) is 24.6. The number of ether oxygens (including phenoxy) is 1. The van der Waals surface area contributed by atoms with Crippen LogP contribution in [0.3, 0.4) is 0 Å². The Bertz CT molecular complexity index is 1200. The lowest BCUT2D eigenvalue weighted by molar-refractivity contribution is -0.140. The molecule has 2 N–H and O–H groups in total. The number of para-hydroxylation sites is 1. The predicted octanol–water partition coefficient (Wildman–Crippen LogP) is 3.36. The molecule has 1 unspecified atom stereocenters. The number of carbonyl (C=O) groups is 3. The minimum atomic E-state index is -0.300. The van der Waals surface area contributed by atoms with Crippen molar-refractivity contribution in [1.29, 1.82) is 0 Å². The van der Waals surface area contributed by atoms with Crippen molar-refractivity contribution in [2.24, 2.45) is 0 Å². The fraction of sp³-hybridized carbons (Fsp3) is 0.259. The summed E-state index contributed by atoms with van der Waals surface area (Å²) in [4.78, 5) is 44.1. The zero-order valence-corrected chi connectivity index (χ0v) is 19.6. The summed E-state index contributed by atoms with van der Waals surface area (Å²) in [5, 5.41) is 6.01. The first-order valence-corrected chi connectivity index (χ1v) is 11.6. The van der Waals surface area contributed by atoms with E-state index in [2.05, 4.69) is 15.6 Å². The Morgan fingerprint density at radius 2 is 1.71 bits per heavy atom. The second-order valence-electron chi connectivity index (χ2n) is 8.20. The van der Waals surface area contributed by atoms with Crippen molar-refractivity contribution in [2.45, 2.75) is 18.8 Å². The average molecular weight is 473 g/mol. The molecule has 35 heavy (non-hydrogen) atoms. The number of amides is 2. The van der Waals surface area contributed by atoms with Crippen molar-refractivity contribution in [3.63, 3.8) is 0 Å². The van der Waals surface area contributed by atoms with Gasteiger partial charge in [-0.05, 0) is 41.8 Å². The van der Waals surface area contributed by atoms with E-state index in [-0.39, 0.29) is 36.7 Å². The highest BCUT2D eigenvalue weighted by atomic mass is 16.5. The average Bonchev–Trinajstić information content (AvgIpc) is 2.99. The van der Waals surface area contributed by atoms with Gasteiger partial charge < -0.3 is 15.4 Å². The molecule has 1 aliphatic rings. The van der Waals surface area contributed by atoms with Crippen LogP contribution in [0.25, 0.3) is 0 Å². The second-order valence-corrected chi connectivity index (χ2v) is 8.20. The largest absolute Gasteiger partial charge is 0.469 e. The number of anilines is 2. The molecule has 0 saturated carbocycles. The quantitative estimate of drug-likeness (QED) is 0.366. The van der Waals surface area contributed by atoms with Crippen LogP contribution in [-0.2, 0) is 14.3 Å². The second kappa shape index (κ2) is 11.3. The molecule has 8 nitrogen and oxygen atoms in total. The van der Waals surface area contributed by atoms with Crippen molar-refractivity contribution in [2.75, 3.05) is 37.0 Å². The normalized spacial score (nSPS) is 14.4.